The average Bonchev–Trinajstić information content (AvgIpc) is 2.89. The van der Waals surface area contributed by atoms with Gasteiger partial charge in [-0.2, -0.15) is 5.10 Å². The molecular weight excluding hydrogens is 322 g/mol. The zero-order valence-electron chi connectivity index (χ0n) is 10.7. The predicted octanol–water partition coefficient (Wildman–Crippen LogP) is 2.25. The summed E-state index contributed by atoms with van der Waals surface area (Å²) in [4.78, 5) is 16.0. The molecule has 0 saturated heterocycles. The molecule has 0 spiro atoms. The first-order chi connectivity index (χ1) is 9.70. The highest BCUT2D eigenvalue weighted by atomic mass is 79.9. The Morgan fingerprint density at radius 3 is 3.10 bits per heavy atom. The van der Waals surface area contributed by atoms with Crippen LogP contribution in [0.3, 0.4) is 0 Å². The highest BCUT2D eigenvalue weighted by molar-refractivity contribution is 9.10. The zero-order chi connectivity index (χ0) is 13.9. The maximum Gasteiger partial charge on any atom is 0.320 e. The molecule has 2 amide bonds. The maximum absolute atomic E-state index is 11.9. The van der Waals surface area contributed by atoms with Crippen molar-refractivity contribution in [3.05, 3.63) is 40.3 Å². The van der Waals surface area contributed by atoms with Gasteiger partial charge in [-0.25, -0.2) is 9.78 Å². The fraction of sp³-hybridized carbons (Fsp3) is 0.308. The van der Waals surface area contributed by atoms with E-state index in [0.29, 0.717) is 5.82 Å². The monoisotopic (exact) mass is 335 g/mol. The van der Waals surface area contributed by atoms with Crippen LogP contribution in [0.15, 0.2) is 29.0 Å². The van der Waals surface area contributed by atoms with E-state index in [1.165, 1.54) is 11.3 Å². The van der Waals surface area contributed by atoms with Gasteiger partial charge in [0.05, 0.1) is 6.20 Å². The fourth-order valence-corrected chi connectivity index (χ4v) is 2.56. The molecule has 0 radical (unpaired) electrons. The smallest absolute Gasteiger partial charge is 0.320 e. The van der Waals surface area contributed by atoms with Crippen molar-refractivity contribution in [3.8, 4) is 0 Å². The second kappa shape index (κ2) is 5.62. The highest BCUT2D eigenvalue weighted by Crippen LogP contribution is 2.19. The molecule has 1 aliphatic carbocycles. The summed E-state index contributed by atoms with van der Waals surface area (Å²) >= 11 is 3.30. The second-order valence-corrected chi connectivity index (χ2v) is 5.69. The number of carbonyl (C=O) groups excluding carboxylic acids is 1. The number of hydrogen-bond donors (Lipinski definition) is 3. The van der Waals surface area contributed by atoms with Crippen LogP contribution in [0.2, 0.25) is 0 Å². The Bertz CT molecular complexity index is 609. The second-order valence-electron chi connectivity index (χ2n) is 4.77. The number of amides is 2. The number of pyridine rings is 1. The van der Waals surface area contributed by atoms with Gasteiger partial charge in [-0.3, -0.25) is 10.4 Å². The van der Waals surface area contributed by atoms with E-state index in [4.69, 9.17) is 0 Å². The third kappa shape index (κ3) is 2.98. The molecule has 20 heavy (non-hydrogen) atoms. The number of rotatable bonds is 2. The molecule has 0 saturated carbocycles. The quantitative estimate of drug-likeness (QED) is 0.787. The first-order valence-corrected chi connectivity index (χ1v) is 7.20. The van der Waals surface area contributed by atoms with Gasteiger partial charge in [0, 0.05) is 22.4 Å². The number of urea groups is 1. The van der Waals surface area contributed by atoms with Gasteiger partial charge in [0.1, 0.15) is 5.82 Å². The summed E-state index contributed by atoms with van der Waals surface area (Å²) in [5.74, 6) is 0.533. The van der Waals surface area contributed by atoms with Crippen molar-refractivity contribution >= 4 is 27.8 Å². The Labute approximate surface area is 124 Å². The molecular formula is C13H14BrN5O. The van der Waals surface area contributed by atoms with E-state index in [1.54, 1.807) is 12.3 Å². The van der Waals surface area contributed by atoms with E-state index in [1.807, 2.05) is 12.3 Å². The Morgan fingerprint density at radius 1 is 1.40 bits per heavy atom. The lowest BCUT2D eigenvalue weighted by Crippen LogP contribution is -2.41. The predicted molar refractivity (Wildman–Crippen MR) is 78.5 cm³/mol. The molecule has 0 aromatic carbocycles. The van der Waals surface area contributed by atoms with Crippen LogP contribution in [0, 0.1) is 0 Å². The first-order valence-electron chi connectivity index (χ1n) is 6.41. The number of carbonyl (C=O) groups is 1. The van der Waals surface area contributed by atoms with Crippen LogP contribution in [0.5, 0.6) is 0 Å². The van der Waals surface area contributed by atoms with E-state index in [2.05, 4.69) is 41.7 Å². The van der Waals surface area contributed by atoms with E-state index in [-0.39, 0.29) is 12.1 Å². The number of aryl methyl sites for hydroxylation is 1. The number of fused-ring (bicyclic) bond motifs is 1. The molecule has 104 valence electrons. The van der Waals surface area contributed by atoms with Crippen molar-refractivity contribution in [2.75, 3.05) is 5.32 Å². The van der Waals surface area contributed by atoms with Crippen LogP contribution in [0.4, 0.5) is 10.6 Å². The number of halogens is 1. The van der Waals surface area contributed by atoms with E-state index in [9.17, 15) is 4.79 Å². The summed E-state index contributed by atoms with van der Waals surface area (Å²) in [6.07, 6.45) is 6.12. The van der Waals surface area contributed by atoms with Gasteiger partial charge >= 0.3 is 6.03 Å². The van der Waals surface area contributed by atoms with E-state index < -0.39 is 0 Å². The largest absolute Gasteiger partial charge is 0.335 e. The topological polar surface area (TPSA) is 82.7 Å². The van der Waals surface area contributed by atoms with Crippen LogP contribution in [-0.2, 0) is 12.8 Å². The molecule has 6 nitrogen and oxygen atoms in total. The molecule has 0 fully saturated rings. The maximum atomic E-state index is 11.9. The molecule has 3 rings (SSSR count). The summed E-state index contributed by atoms with van der Waals surface area (Å²) in [7, 11) is 0. The molecule has 2 heterocycles. The van der Waals surface area contributed by atoms with Gasteiger partial charge in [0.25, 0.3) is 0 Å². The molecule has 2 aromatic rings. The molecule has 1 atom stereocenters. The van der Waals surface area contributed by atoms with Gasteiger partial charge < -0.3 is 5.32 Å². The van der Waals surface area contributed by atoms with E-state index >= 15 is 0 Å². The van der Waals surface area contributed by atoms with Crippen molar-refractivity contribution in [1.29, 1.82) is 0 Å². The summed E-state index contributed by atoms with van der Waals surface area (Å²) in [5, 5.41) is 12.7. The van der Waals surface area contributed by atoms with Crippen molar-refractivity contribution in [1.82, 2.24) is 20.5 Å². The molecule has 1 unspecified atom stereocenters. The third-order valence-electron chi connectivity index (χ3n) is 3.32. The van der Waals surface area contributed by atoms with Gasteiger partial charge in [0.2, 0.25) is 0 Å². The van der Waals surface area contributed by atoms with Gasteiger partial charge in [-0.1, -0.05) is 0 Å². The summed E-state index contributed by atoms with van der Waals surface area (Å²) in [6, 6.07) is 3.49. The Balaban J connectivity index is 1.56. The van der Waals surface area contributed by atoms with Crippen molar-refractivity contribution in [2.45, 2.75) is 25.3 Å². The molecule has 2 aromatic heterocycles. The van der Waals surface area contributed by atoms with Gasteiger partial charge in [0.15, 0.2) is 0 Å². The lowest BCUT2D eigenvalue weighted by atomic mass is 9.94. The van der Waals surface area contributed by atoms with Crippen LogP contribution < -0.4 is 10.6 Å². The number of aromatic amines is 1. The Morgan fingerprint density at radius 2 is 2.30 bits per heavy atom. The molecule has 0 aliphatic heterocycles. The Kier molecular flexibility index (Phi) is 3.68. The summed E-state index contributed by atoms with van der Waals surface area (Å²) in [5.41, 5.74) is 2.36. The van der Waals surface area contributed by atoms with Crippen LogP contribution >= 0.6 is 15.9 Å². The zero-order valence-corrected chi connectivity index (χ0v) is 12.3. The summed E-state index contributed by atoms with van der Waals surface area (Å²) < 4.78 is 0.878. The van der Waals surface area contributed by atoms with Crippen molar-refractivity contribution in [2.24, 2.45) is 0 Å². The minimum atomic E-state index is -0.225. The fourth-order valence-electron chi connectivity index (χ4n) is 2.33. The number of nitrogens with one attached hydrogen (secondary N) is 3. The minimum absolute atomic E-state index is 0.135. The SMILES string of the molecule is O=C(Nc1ccc(Br)cn1)NC1CCc2[nH]ncc2C1. The number of nitrogens with zero attached hydrogens (tertiary/aromatic N) is 2. The molecule has 1 aliphatic rings. The van der Waals surface area contributed by atoms with Crippen LogP contribution in [-0.4, -0.2) is 27.3 Å². The lowest BCUT2D eigenvalue weighted by molar-refractivity contribution is 0.247. The Hall–Kier alpha value is -1.89. The number of aromatic nitrogens is 3. The van der Waals surface area contributed by atoms with Gasteiger partial charge in [-0.05, 0) is 52.9 Å². The van der Waals surface area contributed by atoms with Crippen molar-refractivity contribution < 1.29 is 4.79 Å². The summed E-state index contributed by atoms with van der Waals surface area (Å²) in [6.45, 7) is 0. The van der Waals surface area contributed by atoms with E-state index in [0.717, 1.165) is 23.7 Å². The number of H-pyrrole nitrogens is 1. The first kappa shape index (κ1) is 13.1. The van der Waals surface area contributed by atoms with Gasteiger partial charge in [-0.15, -0.1) is 0 Å². The third-order valence-corrected chi connectivity index (χ3v) is 3.79. The standard InChI is InChI=1S/C13H14BrN5O/c14-9-1-4-12(15-7-9)18-13(20)17-10-2-3-11-8(5-10)6-16-19-11/h1,4,6-7,10H,2-3,5H2,(H,16,19)(H2,15,17,18,20). The molecule has 3 N–H and O–H groups in total. The average molecular weight is 336 g/mol. The molecule has 7 heteroatoms. The number of anilines is 1. The van der Waals surface area contributed by atoms with Crippen LogP contribution in [0.25, 0.3) is 0 Å². The number of hydrogen-bond acceptors (Lipinski definition) is 3. The molecule has 0 bridgehead atoms. The highest BCUT2D eigenvalue weighted by Gasteiger charge is 2.21. The van der Waals surface area contributed by atoms with Crippen molar-refractivity contribution in [3.63, 3.8) is 0 Å². The normalized spacial score (nSPS) is 17.4. The van der Waals surface area contributed by atoms with Crippen LogP contribution in [0.1, 0.15) is 17.7 Å². The minimum Gasteiger partial charge on any atom is -0.335 e. The lowest BCUT2D eigenvalue weighted by Gasteiger charge is -2.22.